The second kappa shape index (κ2) is 11.0. The van der Waals surface area contributed by atoms with Gasteiger partial charge in [-0.15, -0.1) is 0 Å². The fraction of sp³-hybridized carbons (Fsp3) is 0.333. The van der Waals surface area contributed by atoms with Gasteiger partial charge < -0.3 is 19.5 Å². The summed E-state index contributed by atoms with van der Waals surface area (Å²) in [5.41, 5.74) is 1.59. The molecule has 3 aromatic carbocycles. The second-order valence-electron chi connectivity index (χ2n) is 7.65. The number of hydrogen-bond acceptors (Lipinski definition) is 4. The SMILES string of the molecule is CCN(CC)CCOc1ccc(CC(O)(c2ccccc2)c2ccc(OC)cc2)cc1. The highest BCUT2D eigenvalue weighted by Gasteiger charge is 2.31. The molecule has 0 saturated heterocycles. The van der Waals surface area contributed by atoms with E-state index in [2.05, 4.69) is 18.7 Å². The van der Waals surface area contributed by atoms with Crippen molar-refractivity contribution in [1.82, 2.24) is 4.90 Å². The first-order valence-electron chi connectivity index (χ1n) is 11.0. The maximum absolute atomic E-state index is 11.8. The molecule has 31 heavy (non-hydrogen) atoms. The van der Waals surface area contributed by atoms with Crippen LogP contribution in [0.1, 0.15) is 30.5 Å². The highest BCUT2D eigenvalue weighted by atomic mass is 16.5. The molecule has 1 unspecified atom stereocenters. The zero-order valence-electron chi connectivity index (χ0n) is 18.8. The van der Waals surface area contributed by atoms with E-state index < -0.39 is 5.60 Å². The van der Waals surface area contributed by atoms with Crippen LogP contribution in [-0.4, -0.2) is 43.4 Å². The standard InChI is InChI=1S/C27H33NO3/c1-4-28(5-2)19-20-31-26-15-11-22(12-16-26)21-27(29,23-9-7-6-8-10-23)24-13-17-25(30-3)18-14-24/h6-18,29H,4-5,19-21H2,1-3H3. The third-order valence-corrected chi connectivity index (χ3v) is 5.77. The van der Waals surface area contributed by atoms with Crippen LogP contribution in [0.2, 0.25) is 0 Å². The van der Waals surface area contributed by atoms with Gasteiger partial charge in [-0.05, 0) is 54.0 Å². The molecule has 0 radical (unpaired) electrons. The summed E-state index contributed by atoms with van der Waals surface area (Å²) in [5, 5.41) is 11.8. The van der Waals surface area contributed by atoms with Crippen molar-refractivity contribution < 1.29 is 14.6 Å². The fourth-order valence-corrected chi connectivity index (χ4v) is 3.78. The molecule has 0 bridgehead atoms. The molecule has 0 fully saturated rings. The molecule has 1 N–H and O–H groups in total. The number of hydrogen-bond donors (Lipinski definition) is 1. The Morgan fingerprint density at radius 1 is 0.774 bits per heavy atom. The predicted molar refractivity (Wildman–Crippen MR) is 126 cm³/mol. The zero-order valence-corrected chi connectivity index (χ0v) is 18.8. The molecule has 3 aromatic rings. The minimum Gasteiger partial charge on any atom is -0.497 e. The lowest BCUT2D eigenvalue weighted by molar-refractivity contribution is 0.0810. The van der Waals surface area contributed by atoms with Gasteiger partial charge in [0.1, 0.15) is 23.7 Å². The Labute approximate surface area is 186 Å². The molecule has 4 heteroatoms. The van der Waals surface area contributed by atoms with Gasteiger partial charge in [-0.2, -0.15) is 0 Å². The lowest BCUT2D eigenvalue weighted by Crippen LogP contribution is -2.30. The summed E-state index contributed by atoms with van der Waals surface area (Å²) in [7, 11) is 1.64. The van der Waals surface area contributed by atoms with Gasteiger partial charge in [0.2, 0.25) is 0 Å². The Hall–Kier alpha value is -2.82. The van der Waals surface area contributed by atoms with Crippen LogP contribution in [0.15, 0.2) is 78.9 Å². The van der Waals surface area contributed by atoms with Crippen LogP contribution in [0.4, 0.5) is 0 Å². The van der Waals surface area contributed by atoms with E-state index in [0.717, 1.165) is 47.8 Å². The van der Waals surface area contributed by atoms with Crippen LogP contribution in [-0.2, 0) is 12.0 Å². The first kappa shape index (κ1) is 22.9. The predicted octanol–water partition coefficient (Wildman–Crippen LogP) is 4.89. The highest BCUT2D eigenvalue weighted by Crippen LogP contribution is 2.34. The lowest BCUT2D eigenvalue weighted by Gasteiger charge is -2.30. The molecule has 0 aromatic heterocycles. The summed E-state index contributed by atoms with van der Waals surface area (Å²) in [5.74, 6) is 1.62. The summed E-state index contributed by atoms with van der Waals surface area (Å²) in [6.07, 6.45) is 0.461. The molecule has 3 rings (SSSR count). The van der Waals surface area contributed by atoms with Crippen molar-refractivity contribution in [3.05, 3.63) is 95.6 Å². The molecule has 0 amide bonds. The first-order chi connectivity index (χ1) is 15.1. The molecule has 0 heterocycles. The summed E-state index contributed by atoms with van der Waals surface area (Å²) >= 11 is 0. The van der Waals surface area contributed by atoms with Crippen LogP contribution < -0.4 is 9.47 Å². The van der Waals surface area contributed by atoms with Crippen molar-refractivity contribution in [2.24, 2.45) is 0 Å². The quantitative estimate of drug-likeness (QED) is 0.480. The minimum atomic E-state index is -1.14. The summed E-state index contributed by atoms with van der Waals surface area (Å²) in [4.78, 5) is 2.34. The van der Waals surface area contributed by atoms with Crippen molar-refractivity contribution in [3.8, 4) is 11.5 Å². The van der Waals surface area contributed by atoms with E-state index in [1.807, 2.05) is 78.9 Å². The molecule has 0 spiro atoms. The monoisotopic (exact) mass is 419 g/mol. The highest BCUT2D eigenvalue weighted by molar-refractivity contribution is 5.41. The maximum Gasteiger partial charge on any atom is 0.119 e. The van der Waals surface area contributed by atoms with E-state index in [1.54, 1.807) is 7.11 Å². The van der Waals surface area contributed by atoms with Crippen molar-refractivity contribution >= 4 is 0 Å². The molecule has 164 valence electrons. The number of ether oxygens (including phenoxy) is 2. The Bertz CT molecular complexity index is 905. The fourth-order valence-electron chi connectivity index (χ4n) is 3.78. The van der Waals surface area contributed by atoms with Gasteiger partial charge in [-0.25, -0.2) is 0 Å². The van der Waals surface area contributed by atoms with Gasteiger partial charge in [0, 0.05) is 13.0 Å². The number of likely N-dealkylation sites (N-methyl/N-ethyl adjacent to an activating group) is 1. The van der Waals surface area contributed by atoms with E-state index in [-0.39, 0.29) is 0 Å². The summed E-state index contributed by atoms with van der Waals surface area (Å²) in [6, 6.07) is 25.5. The molecule has 1 atom stereocenters. The number of rotatable bonds is 11. The van der Waals surface area contributed by atoms with Crippen molar-refractivity contribution in [3.63, 3.8) is 0 Å². The Balaban J connectivity index is 1.77. The number of benzene rings is 3. The number of methoxy groups -OCH3 is 1. The van der Waals surface area contributed by atoms with E-state index in [9.17, 15) is 5.11 Å². The van der Waals surface area contributed by atoms with Crippen LogP contribution in [0.3, 0.4) is 0 Å². The number of nitrogens with zero attached hydrogens (tertiary/aromatic N) is 1. The summed E-state index contributed by atoms with van der Waals surface area (Å²) in [6.45, 7) is 7.97. The van der Waals surface area contributed by atoms with Gasteiger partial charge >= 0.3 is 0 Å². The Morgan fingerprint density at radius 3 is 1.94 bits per heavy atom. The molecule has 0 aliphatic carbocycles. The second-order valence-corrected chi connectivity index (χ2v) is 7.65. The third kappa shape index (κ3) is 5.87. The smallest absolute Gasteiger partial charge is 0.119 e. The van der Waals surface area contributed by atoms with E-state index in [1.165, 1.54) is 0 Å². The van der Waals surface area contributed by atoms with Gasteiger partial charge in [0.25, 0.3) is 0 Å². The lowest BCUT2D eigenvalue weighted by atomic mass is 9.81. The van der Waals surface area contributed by atoms with Crippen molar-refractivity contribution in [2.45, 2.75) is 25.9 Å². The van der Waals surface area contributed by atoms with Crippen molar-refractivity contribution in [1.29, 1.82) is 0 Å². The first-order valence-corrected chi connectivity index (χ1v) is 11.0. The van der Waals surface area contributed by atoms with Crippen LogP contribution in [0.25, 0.3) is 0 Å². The van der Waals surface area contributed by atoms with Crippen LogP contribution >= 0.6 is 0 Å². The Kier molecular flexibility index (Phi) is 8.10. The summed E-state index contributed by atoms with van der Waals surface area (Å²) < 4.78 is 11.2. The molecular weight excluding hydrogens is 386 g/mol. The largest absolute Gasteiger partial charge is 0.497 e. The molecular formula is C27H33NO3. The van der Waals surface area contributed by atoms with Gasteiger partial charge in [0.05, 0.1) is 7.11 Å². The maximum atomic E-state index is 11.8. The van der Waals surface area contributed by atoms with Gasteiger partial charge in [-0.3, -0.25) is 0 Å². The molecule has 0 aliphatic heterocycles. The van der Waals surface area contributed by atoms with Crippen LogP contribution in [0.5, 0.6) is 11.5 Å². The van der Waals surface area contributed by atoms with E-state index >= 15 is 0 Å². The molecule has 0 saturated carbocycles. The number of aliphatic hydroxyl groups is 1. The topological polar surface area (TPSA) is 41.9 Å². The third-order valence-electron chi connectivity index (χ3n) is 5.77. The van der Waals surface area contributed by atoms with Crippen LogP contribution in [0, 0.1) is 0 Å². The normalized spacial score (nSPS) is 13.1. The molecule has 0 aliphatic rings. The average Bonchev–Trinajstić information content (AvgIpc) is 2.83. The van der Waals surface area contributed by atoms with E-state index in [4.69, 9.17) is 9.47 Å². The zero-order chi connectivity index (χ0) is 22.1. The van der Waals surface area contributed by atoms with Gasteiger partial charge in [-0.1, -0.05) is 68.4 Å². The average molecular weight is 420 g/mol. The van der Waals surface area contributed by atoms with Crippen molar-refractivity contribution in [2.75, 3.05) is 33.4 Å². The van der Waals surface area contributed by atoms with Gasteiger partial charge in [0.15, 0.2) is 0 Å². The Morgan fingerprint density at radius 2 is 1.35 bits per heavy atom. The van der Waals surface area contributed by atoms with E-state index in [0.29, 0.717) is 13.0 Å². The molecule has 4 nitrogen and oxygen atoms in total. The minimum absolute atomic E-state index is 0.461.